The van der Waals surface area contributed by atoms with Crippen LogP contribution in [0.5, 0.6) is 5.75 Å². The van der Waals surface area contributed by atoms with Crippen molar-refractivity contribution in [1.82, 2.24) is 9.97 Å². The highest BCUT2D eigenvalue weighted by Gasteiger charge is 2.35. The lowest BCUT2D eigenvalue weighted by molar-refractivity contribution is 0.0967. The molecule has 0 atom stereocenters. The van der Waals surface area contributed by atoms with Gasteiger partial charge in [-0.25, -0.2) is 27.9 Å². The van der Waals surface area contributed by atoms with E-state index in [2.05, 4.69) is 20.6 Å². The van der Waals surface area contributed by atoms with Crippen molar-refractivity contribution in [2.75, 3.05) is 22.1 Å². The topological polar surface area (TPSA) is 105 Å². The van der Waals surface area contributed by atoms with E-state index in [0.717, 1.165) is 18.3 Å². The number of nitrogens with one attached hydrogen (secondary N) is 2. The zero-order chi connectivity index (χ0) is 25.5. The third-order valence-corrected chi connectivity index (χ3v) is 5.39. The highest BCUT2D eigenvalue weighted by Crippen LogP contribution is 2.43. The molecule has 35 heavy (non-hydrogen) atoms. The number of halogens is 3. The predicted octanol–water partition coefficient (Wildman–Crippen LogP) is 5.18. The largest absolute Gasteiger partial charge is 0.481 e. The summed E-state index contributed by atoms with van der Waals surface area (Å²) in [6, 6.07) is 5.78. The highest BCUT2D eigenvalue weighted by molar-refractivity contribution is 5.88. The van der Waals surface area contributed by atoms with Crippen LogP contribution in [0.25, 0.3) is 11.3 Å². The van der Waals surface area contributed by atoms with Gasteiger partial charge in [0, 0.05) is 17.3 Å². The van der Waals surface area contributed by atoms with E-state index in [1.54, 1.807) is 6.07 Å². The minimum atomic E-state index is -0.904. The van der Waals surface area contributed by atoms with E-state index < -0.39 is 29.1 Å². The Kier molecular flexibility index (Phi) is 6.18. The molecule has 0 saturated heterocycles. The number of benzene rings is 2. The van der Waals surface area contributed by atoms with Gasteiger partial charge in [-0.1, -0.05) is 0 Å². The molecular weight excluding hydrogens is 461 g/mol. The lowest BCUT2D eigenvalue weighted by Crippen LogP contribution is -2.49. The fourth-order valence-corrected chi connectivity index (χ4v) is 3.88. The maximum absolute atomic E-state index is 15.1. The van der Waals surface area contributed by atoms with Crippen LogP contribution < -0.4 is 26.0 Å². The first-order valence-corrected chi connectivity index (χ1v) is 10.9. The van der Waals surface area contributed by atoms with E-state index in [0.29, 0.717) is 12.2 Å². The van der Waals surface area contributed by atoms with Crippen LogP contribution >= 0.6 is 0 Å². The Morgan fingerprint density at radius 3 is 2.54 bits per heavy atom. The molecule has 0 bridgehead atoms. The molecule has 2 amide bonds. The molecule has 0 radical (unpaired) electrons. The van der Waals surface area contributed by atoms with Crippen LogP contribution in [-0.4, -0.2) is 34.2 Å². The number of primary amides is 1. The second-order valence-corrected chi connectivity index (χ2v) is 9.09. The molecule has 8 nitrogen and oxygen atoms in total. The number of carbonyl (C=O) groups excluding carboxylic acids is 1. The van der Waals surface area contributed by atoms with Crippen molar-refractivity contribution < 1.29 is 22.7 Å². The van der Waals surface area contributed by atoms with Gasteiger partial charge < -0.3 is 26.0 Å². The average Bonchev–Trinajstić information content (AvgIpc) is 2.76. The van der Waals surface area contributed by atoms with Gasteiger partial charge in [-0.2, -0.15) is 0 Å². The second kappa shape index (κ2) is 8.97. The van der Waals surface area contributed by atoms with E-state index >= 15 is 4.39 Å². The number of fused-ring (bicyclic) bond motifs is 1. The van der Waals surface area contributed by atoms with Gasteiger partial charge in [0.05, 0.1) is 24.1 Å². The van der Waals surface area contributed by atoms with Crippen molar-refractivity contribution in [3.63, 3.8) is 0 Å². The molecule has 184 valence electrons. The molecule has 2 heterocycles. The molecule has 0 aliphatic carbocycles. The molecule has 0 fully saturated rings. The molecule has 4 rings (SSSR count). The first kappa shape index (κ1) is 24.1. The normalized spacial score (nSPS) is 14.3. The number of carbonyl (C=O) groups is 1. The molecule has 11 heteroatoms. The van der Waals surface area contributed by atoms with E-state index in [4.69, 9.17) is 10.5 Å². The molecule has 1 aromatic heterocycles. The highest BCUT2D eigenvalue weighted by atomic mass is 19.1. The fraction of sp³-hybridized carbons (Fsp3) is 0.292. The second-order valence-electron chi connectivity index (χ2n) is 9.09. The molecule has 4 N–H and O–H groups in total. The Morgan fingerprint density at radius 2 is 1.89 bits per heavy atom. The predicted molar refractivity (Wildman–Crippen MR) is 127 cm³/mol. The quantitative estimate of drug-likeness (QED) is 0.459. The van der Waals surface area contributed by atoms with Crippen LogP contribution in [-0.2, 0) is 0 Å². The van der Waals surface area contributed by atoms with Gasteiger partial charge >= 0.3 is 6.03 Å². The van der Waals surface area contributed by atoms with Crippen molar-refractivity contribution >= 4 is 29.0 Å². The maximum atomic E-state index is 15.1. The summed E-state index contributed by atoms with van der Waals surface area (Å²) in [7, 11) is 0. The van der Waals surface area contributed by atoms with E-state index in [-0.39, 0.29) is 40.4 Å². The molecule has 0 saturated carbocycles. The number of nitrogens with zero attached hydrogens (tertiary/aromatic N) is 3. The number of urea groups is 1. The monoisotopic (exact) mass is 486 g/mol. The molecule has 2 aromatic carbocycles. The van der Waals surface area contributed by atoms with Crippen LogP contribution in [0.3, 0.4) is 0 Å². The molecule has 3 aromatic rings. The third kappa shape index (κ3) is 5.08. The summed E-state index contributed by atoms with van der Waals surface area (Å²) < 4.78 is 50.0. The molecule has 1 aliphatic heterocycles. The van der Waals surface area contributed by atoms with Gasteiger partial charge in [0.25, 0.3) is 0 Å². The van der Waals surface area contributed by atoms with Gasteiger partial charge in [0.15, 0.2) is 17.4 Å². The lowest BCUT2D eigenvalue weighted by Gasteiger charge is -2.43. The van der Waals surface area contributed by atoms with Crippen LogP contribution in [0.4, 0.5) is 41.0 Å². The number of hydrogen-bond acceptors (Lipinski definition) is 6. The Morgan fingerprint density at radius 1 is 1.14 bits per heavy atom. The van der Waals surface area contributed by atoms with Gasteiger partial charge in [-0.15, -0.1) is 0 Å². The number of ether oxygens (including phenoxy) is 1. The summed E-state index contributed by atoms with van der Waals surface area (Å²) in [6.45, 7) is 8.23. The number of rotatable bonds is 5. The van der Waals surface area contributed by atoms with Crippen LogP contribution in [0, 0.1) is 17.5 Å². The summed E-state index contributed by atoms with van der Waals surface area (Å²) in [4.78, 5) is 21.0. The van der Waals surface area contributed by atoms with Crippen molar-refractivity contribution in [1.29, 1.82) is 0 Å². The minimum Gasteiger partial charge on any atom is -0.481 e. The third-order valence-electron chi connectivity index (χ3n) is 5.39. The standard InChI is InChI=1S/C24H25F3N6O2/c1-12(2)33-11-24(3,4)35-21-16(26)7-13(8-19(21)33)20-17(27)10-29-23(32-20)30-14-5-6-18(15(25)9-14)31-22(28)34/h5-10,12H,11H2,1-4H3,(H3,28,31,34)(H,29,30,32). The Labute approximate surface area is 200 Å². The summed E-state index contributed by atoms with van der Waals surface area (Å²) in [5.41, 5.74) is 5.11. The smallest absolute Gasteiger partial charge is 0.316 e. The average molecular weight is 486 g/mol. The first-order valence-electron chi connectivity index (χ1n) is 10.9. The zero-order valence-electron chi connectivity index (χ0n) is 19.6. The van der Waals surface area contributed by atoms with Crippen molar-refractivity contribution in [2.45, 2.75) is 39.3 Å². The summed E-state index contributed by atoms with van der Waals surface area (Å²) in [5, 5.41) is 4.93. The van der Waals surface area contributed by atoms with E-state index in [9.17, 15) is 13.6 Å². The van der Waals surface area contributed by atoms with Crippen molar-refractivity contribution in [3.8, 4) is 17.0 Å². The maximum Gasteiger partial charge on any atom is 0.316 e. The Hall–Kier alpha value is -4.02. The lowest BCUT2D eigenvalue weighted by atomic mass is 10.0. The zero-order valence-corrected chi connectivity index (χ0v) is 19.6. The molecule has 0 spiro atoms. The number of hydrogen-bond donors (Lipinski definition) is 3. The summed E-state index contributed by atoms with van der Waals surface area (Å²) >= 11 is 0. The van der Waals surface area contributed by atoms with Crippen LogP contribution in [0.15, 0.2) is 36.5 Å². The number of anilines is 4. The molecule has 0 unspecified atom stereocenters. The molecular formula is C24H25F3N6O2. The van der Waals surface area contributed by atoms with Gasteiger partial charge in [-0.05, 0) is 58.0 Å². The van der Waals surface area contributed by atoms with Crippen molar-refractivity contribution in [2.24, 2.45) is 5.73 Å². The first-order chi connectivity index (χ1) is 16.4. The number of amides is 2. The van der Waals surface area contributed by atoms with Gasteiger partial charge in [-0.3, -0.25) is 0 Å². The van der Waals surface area contributed by atoms with Crippen molar-refractivity contribution in [3.05, 3.63) is 54.0 Å². The van der Waals surface area contributed by atoms with Crippen LogP contribution in [0.1, 0.15) is 27.7 Å². The summed E-state index contributed by atoms with van der Waals surface area (Å²) in [6.07, 6.45) is 0.946. The Balaban J connectivity index is 1.69. The summed E-state index contributed by atoms with van der Waals surface area (Å²) in [5.74, 6) is -2.07. The number of aromatic nitrogens is 2. The minimum absolute atomic E-state index is 0.0346. The SMILES string of the molecule is CC(C)N1CC(C)(C)Oc2c(F)cc(-c3nc(Nc4ccc(NC(N)=O)c(F)c4)ncc3F)cc21. The van der Waals surface area contributed by atoms with Gasteiger partial charge in [0.1, 0.15) is 17.1 Å². The molecule has 1 aliphatic rings. The van der Waals surface area contributed by atoms with Gasteiger partial charge in [0.2, 0.25) is 5.95 Å². The van der Waals surface area contributed by atoms with E-state index in [1.165, 1.54) is 12.1 Å². The Bertz CT molecular complexity index is 1300. The fourth-order valence-electron chi connectivity index (χ4n) is 3.88. The van der Waals surface area contributed by atoms with Crippen LogP contribution in [0.2, 0.25) is 0 Å². The van der Waals surface area contributed by atoms with E-state index in [1.807, 2.05) is 32.6 Å². The number of nitrogens with two attached hydrogens (primary N) is 1.